The van der Waals surface area contributed by atoms with E-state index in [-0.39, 0.29) is 11.7 Å². The van der Waals surface area contributed by atoms with Crippen molar-refractivity contribution in [2.24, 2.45) is 5.92 Å². The molecule has 0 spiro atoms. The highest BCUT2D eigenvalue weighted by molar-refractivity contribution is 5.48. The third-order valence-corrected chi connectivity index (χ3v) is 3.09. The number of rotatable bonds is 3. The van der Waals surface area contributed by atoms with E-state index in [4.69, 9.17) is 4.74 Å². The number of aliphatic hydroxyl groups is 1. The molecule has 21 heavy (non-hydrogen) atoms. The first-order valence-corrected chi connectivity index (χ1v) is 6.78. The van der Waals surface area contributed by atoms with Crippen LogP contribution in [-0.4, -0.2) is 11.2 Å². The molecule has 0 bridgehead atoms. The Bertz CT molecular complexity index is 651. The molecular weight excluding hydrogens is 267 g/mol. The molecule has 2 atom stereocenters. The highest BCUT2D eigenvalue weighted by Gasteiger charge is 2.05. The molecule has 0 fully saturated rings. The summed E-state index contributed by atoms with van der Waals surface area (Å²) in [5.41, 5.74) is 0.731. The summed E-state index contributed by atoms with van der Waals surface area (Å²) < 4.78 is 18.6. The Labute approximate surface area is 124 Å². The summed E-state index contributed by atoms with van der Waals surface area (Å²) in [6.45, 7) is 3.57. The van der Waals surface area contributed by atoms with Crippen LogP contribution in [0, 0.1) is 23.6 Å². The molecule has 108 valence electrons. The molecule has 0 saturated heterocycles. The first-order valence-electron chi connectivity index (χ1n) is 6.78. The first-order chi connectivity index (χ1) is 10.1. The van der Waals surface area contributed by atoms with Crippen molar-refractivity contribution in [2.45, 2.75) is 20.0 Å². The van der Waals surface area contributed by atoms with E-state index in [2.05, 4.69) is 11.8 Å². The average Bonchev–Trinajstić information content (AvgIpc) is 2.48. The van der Waals surface area contributed by atoms with Gasteiger partial charge in [0.1, 0.15) is 17.3 Å². The molecule has 0 aromatic heterocycles. The third-order valence-electron chi connectivity index (χ3n) is 3.09. The van der Waals surface area contributed by atoms with Crippen molar-refractivity contribution in [1.29, 1.82) is 0 Å². The predicted molar refractivity (Wildman–Crippen MR) is 80.6 cm³/mol. The minimum atomic E-state index is -0.484. The fraction of sp³-hybridized carbons (Fsp3) is 0.222. The van der Waals surface area contributed by atoms with Gasteiger partial charge in [0, 0.05) is 5.92 Å². The zero-order valence-corrected chi connectivity index (χ0v) is 12.0. The van der Waals surface area contributed by atoms with Crippen molar-refractivity contribution in [3.8, 4) is 23.3 Å². The van der Waals surface area contributed by atoms with Crippen LogP contribution in [0.3, 0.4) is 0 Å². The maximum atomic E-state index is 12.9. The van der Waals surface area contributed by atoms with E-state index in [1.165, 1.54) is 12.1 Å². The Kier molecular flexibility index (Phi) is 4.97. The number of ether oxygens (including phenoxy) is 1. The molecule has 0 heterocycles. The van der Waals surface area contributed by atoms with Gasteiger partial charge in [0.25, 0.3) is 0 Å². The van der Waals surface area contributed by atoms with Crippen LogP contribution in [0.4, 0.5) is 4.39 Å². The van der Waals surface area contributed by atoms with E-state index in [9.17, 15) is 9.50 Å². The lowest BCUT2D eigenvalue weighted by molar-refractivity contribution is 0.161. The second-order valence-corrected chi connectivity index (χ2v) is 4.85. The molecule has 2 unspecified atom stereocenters. The summed E-state index contributed by atoms with van der Waals surface area (Å²) in [5.74, 6) is 6.74. The summed E-state index contributed by atoms with van der Waals surface area (Å²) in [6, 6.07) is 13.2. The van der Waals surface area contributed by atoms with E-state index < -0.39 is 6.10 Å². The Morgan fingerprint density at radius 1 is 1.05 bits per heavy atom. The minimum absolute atomic E-state index is 0.121. The van der Waals surface area contributed by atoms with Gasteiger partial charge in [-0.1, -0.05) is 24.0 Å². The fourth-order valence-corrected chi connectivity index (χ4v) is 1.60. The number of aliphatic hydroxyl groups excluding tert-OH is 1. The topological polar surface area (TPSA) is 29.5 Å². The highest BCUT2D eigenvalue weighted by Crippen LogP contribution is 2.24. The Morgan fingerprint density at radius 2 is 1.71 bits per heavy atom. The van der Waals surface area contributed by atoms with Crippen LogP contribution < -0.4 is 4.74 Å². The summed E-state index contributed by atoms with van der Waals surface area (Å²) in [4.78, 5) is 0. The highest BCUT2D eigenvalue weighted by atomic mass is 19.1. The van der Waals surface area contributed by atoms with Crippen LogP contribution in [0.2, 0.25) is 0 Å². The van der Waals surface area contributed by atoms with Gasteiger partial charge >= 0.3 is 0 Å². The number of benzene rings is 2. The Morgan fingerprint density at radius 3 is 2.38 bits per heavy atom. The molecule has 2 aromatic carbocycles. The van der Waals surface area contributed by atoms with Gasteiger partial charge < -0.3 is 9.84 Å². The maximum Gasteiger partial charge on any atom is 0.143 e. The van der Waals surface area contributed by atoms with Crippen molar-refractivity contribution >= 4 is 0 Å². The molecule has 0 aliphatic carbocycles. The number of hydrogen-bond donors (Lipinski definition) is 1. The smallest absolute Gasteiger partial charge is 0.143 e. The van der Waals surface area contributed by atoms with Gasteiger partial charge in [0.05, 0.1) is 11.7 Å². The normalized spacial score (nSPS) is 13.0. The van der Waals surface area contributed by atoms with Crippen molar-refractivity contribution < 1.29 is 14.2 Å². The van der Waals surface area contributed by atoms with Crippen molar-refractivity contribution in [3.63, 3.8) is 0 Å². The molecule has 0 aliphatic rings. The Balaban J connectivity index is 2.22. The van der Waals surface area contributed by atoms with E-state index >= 15 is 0 Å². The van der Waals surface area contributed by atoms with Gasteiger partial charge in [-0.2, -0.15) is 0 Å². The summed E-state index contributed by atoms with van der Waals surface area (Å²) in [5, 5.41) is 9.46. The van der Waals surface area contributed by atoms with Crippen LogP contribution in [0.15, 0.2) is 48.5 Å². The van der Waals surface area contributed by atoms with Gasteiger partial charge in [-0.25, -0.2) is 4.39 Å². The Hall–Kier alpha value is -2.31. The molecule has 3 heteroatoms. The van der Waals surface area contributed by atoms with E-state index in [1.54, 1.807) is 25.1 Å². The first kappa shape index (κ1) is 15.1. The lowest BCUT2D eigenvalue weighted by atomic mass is 10.1. The van der Waals surface area contributed by atoms with Crippen LogP contribution in [0.5, 0.6) is 11.5 Å². The predicted octanol–water partition coefficient (Wildman–Crippen LogP) is 3.99. The molecule has 0 saturated carbocycles. The maximum absolute atomic E-state index is 12.9. The van der Waals surface area contributed by atoms with Gasteiger partial charge in [0.2, 0.25) is 0 Å². The molecule has 0 radical (unpaired) electrons. The van der Waals surface area contributed by atoms with E-state index in [0.717, 1.165) is 5.56 Å². The van der Waals surface area contributed by atoms with Crippen molar-refractivity contribution in [1.82, 2.24) is 0 Å². The minimum Gasteiger partial charge on any atom is -0.456 e. The van der Waals surface area contributed by atoms with E-state index in [0.29, 0.717) is 11.5 Å². The van der Waals surface area contributed by atoms with Gasteiger partial charge in [-0.15, -0.1) is 0 Å². The zero-order chi connectivity index (χ0) is 15.2. The second-order valence-electron chi connectivity index (χ2n) is 4.85. The van der Waals surface area contributed by atoms with Gasteiger partial charge in [-0.3, -0.25) is 0 Å². The van der Waals surface area contributed by atoms with Crippen LogP contribution in [-0.2, 0) is 0 Å². The number of halogens is 1. The SMILES string of the molecule is CC(O)C(C)C#Cc1ccccc1Oc1ccc(F)cc1. The summed E-state index contributed by atoms with van der Waals surface area (Å²) in [6.07, 6.45) is -0.484. The molecular formula is C18H17FO2. The molecule has 0 amide bonds. The van der Waals surface area contributed by atoms with Crippen LogP contribution in [0.25, 0.3) is 0 Å². The molecule has 1 N–H and O–H groups in total. The second kappa shape index (κ2) is 6.92. The quantitative estimate of drug-likeness (QED) is 0.864. The largest absolute Gasteiger partial charge is 0.456 e. The lowest BCUT2D eigenvalue weighted by Gasteiger charge is -2.08. The van der Waals surface area contributed by atoms with Gasteiger partial charge in [-0.05, 0) is 50.2 Å². The number of hydrogen-bond acceptors (Lipinski definition) is 2. The standard InChI is InChI=1S/C18H17FO2/c1-13(14(2)20)7-8-15-5-3-4-6-18(15)21-17-11-9-16(19)10-12-17/h3-6,9-14,20H,1-2H3. The van der Waals surface area contributed by atoms with Crippen LogP contribution in [0.1, 0.15) is 19.4 Å². The van der Waals surface area contributed by atoms with Crippen LogP contribution >= 0.6 is 0 Å². The molecule has 2 rings (SSSR count). The molecule has 2 nitrogen and oxygen atoms in total. The zero-order valence-electron chi connectivity index (χ0n) is 12.0. The van der Waals surface area contributed by atoms with E-state index in [1.807, 2.05) is 25.1 Å². The summed E-state index contributed by atoms with van der Waals surface area (Å²) >= 11 is 0. The summed E-state index contributed by atoms with van der Waals surface area (Å²) in [7, 11) is 0. The fourth-order valence-electron chi connectivity index (χ4n) is 1.60. The van der Waals surface area contributed by atoms with Crippen molar-refractivity contribution in [2.75, 3.05) is 0 Å². The van der Waals surface area contributed by atoms with Gasteiger partial charge in [0.15, 0.2) is 0 Å². The molecule has 0 aliphatic heterocycles. The number of para-hydroxylation sites is 1. The average molecular weight is 284 g/mol. The lowest BCUT2D eigenvalue weighted by Crippen LogP contribution is -2.10. The third kappa shape index (κ3) is 4.34. The molecule has 2 aromatic rings. The monoisotopic (exact) mass is 284 g/mol. The van der Waals surface area contributed by atoms with Crippen molar-refractivity contribution in [3.05, 3.63) is 59.9 Å².